The van der Waals surface area contributed by atoms with E-state index in [0.717, 1.165) is 25.9 Å². The SMILES string of the molecule is Cc1ccncc1CNC1CCCNC(=O)C1. The van der Waals surface area contributed by atoms with Gasteiger partial charge in [-0.05, 0) is 37.0 Å². The second-order valence-electron chi connectivity index (χ2n) is 4.58. The van der Waals surface area contributed by atoms with Crippen LogP contribution in [0.25, 0.3) is 0 Å². The van der Waals surface area contributed by atoms with E-state index < -0.39 is 0 Å². The first-order valence-corrected chi connectivity index (χ1v) is 6.15. The summed E-state index contributed by atoms with van der Waals surface area (Å²) in [4.78, 5) is 15.5. The van der Waals surface area contributed by atoms with Gasteiger partial charge >= 0.3 is 0 Å². The zero-order valence-corrected chi connectivity index (χ0v) is 10.2. The van der Waals surface area contributed by atoms with Crippen LogP contribution in [0.4, 0.5) is 0 Å². The van der Waals surface area contributed by atoms with E-state index in [1.165, 1.54) is 11.1 Å². The van der Waals surface area contributed by atoms with Gasteiger partial charge in [0.2, 0.25) is 5.91 Å². The van der Waals surface area contributed by atoms with Gasteiger partial charge in [-0.3, -0.25) is 9.78 Å². The summed E-state index contributed by atoms with van der Waals surface area (Å²) in [6, 6.07) is 2.30. The molecule has 4 heteroatoms. The molecule has 1 fully saturated rings. The fourth-order valence-corrected chi connectivity index (χ4v) is 2.08. The van der Waals surface area contributed by atoms with Crippen molar-refractivity contribution in [2.45, 2.75) is 38.8 Å². The zero-order chi connectivity index (χ0) is 12.1. The molecule has 1 amide bonds. The highest BCUT2D eigenvalue weighted by atomic mass is 16.1. The predicted molar refractivity (Wildman–Crippen MR) is 66.5 cm³/mol. The maximum absolute atomic E-state index is 11.4. The van der Waals surface area contributed by atoms with Gasteiger partial charge in [-0.1, -0.05) is 0 Å². The lowest BCUT2D eigenvalue weighted by molar-refractivity contribution is -0.121. The monoisotopic (exact) mass is 233 g/mol. The molecule has 92 valence electrons. The third-order valence-electron chi connectivity index (χ3n) is 3.21. The Balaban J connectivity index is 1.89. The summed E-state index contributed by atoms with van der Waals surface area (Å²) in [7, 11) is 0. The van der Waals surface area contributed by atoms with Crippen LogP contribution in [-0.4, -0.2) is 23.5 Å². The smallest absolute Gasteiger partial charge is 0.221 e. The number of hydrogen-bond donors (Lipinski definition) is 2. The fourth-order valence-electron chi connectivity index (χ4n) is 2.08. The van der Waals surface area contributed by atoms with Crippen molar-refractivity contribution in [3.8, 4) is 0 Å². The maximum Gasteiger partial charge on any atom is 0.221 e. The van der Waals surface area contributed by atoms with Crippen molar-refractivity contribution in [1.82, 2.24) is 15.6 Å². The zero-order valence-electron chi connectivity index (χ0n) is 10.2. The van der Waals surface area contributed by atoms with E-state index in [-0.39, 0.29) is 11.9 Å². The molecule has 4 nitrogen and oxygen atoms in total. The Morgan fingerprint density at radius 1 is 1.59 bits per heavy atom. The van der Waals surface area contributed by atoms with E-state index in [1.807, 2.05) is 12.3 Å². The van der Waals surface area contributed by atoms with Gasteiger partial charge in [0.1, 0.15) is 0 Å². The van der Waals surface area contributed by atoms with E-state index >= 15 is 0 Å². The minimum absolute atomic E-state index is 0.155. The molecule has 1 atom stereocenters. The average Bonchev–Trinajstić information content (AvgIpc) is 2.53. The summed E-state index contributed by atoms with van der Waals surface area (Å²) in [6.07, 6.45) is 6.38. The Hall–Kier alpha value is -1.42. The van der Waals surface area contributed by atoms with Crippen LogP contribution in [0.3, 0.4) is 0 Å². The number of pyridine rings is 1. The number of carbonyl (C=O) groups is 1. The highest BCUT2D eigenvalue weighted by molar-refractivity contribution is 5.76. The van der Waals surface area contributed by atoms with Crippen molar-refractivity contribution < 1.29 is 4.79 Å². The van der Waals surface area contributed by atoms with Crippen LogP contribution in [0, 0.1) is 6.92 Å². The maximum atomic E-state index is 11.4. The highest BCUT2D eigenvalue weighted by Crippen LogP contribution is 2.09. The lowest BCUT2D eigenvalue weighted by Gasteiger charge is -2.15. The third kappa shape index (κ3) is 3.53. The standard InChI is InChI=1S/C13H19N3O/c1-10-4-6-14-8-11(10)9-16-12-3-2-5-15-13(17)7-12/h4,6,8,12,16H,2-3,5,7,9H2,1H3,(H,15,17). The number of rotatable bonds is 3. The predicted octanol–water partition coefficient (Wildman–Crippen LogP) is 1.15. The van der Waals surface area contributed by atoms with Crippen molar-refractivity contribution in [1.29, 1.82) is 0 Å². The topological polar surface area (TPSA) is 54.0 Å². The van der Waals surface area contributed by atoms with Gasteiger partial charge in [0, 0.05) is 37.9 Å². The van der Waals surface area contributed by atoms with E-state index in [0.29, 0.717) is 6.42 Å². The van der Waals surface area contributed by atoms with Gasteiger partial charge in [0.15, 0.2) is 0 Å². The molecule has 2 rings (SSSR count). The van der Waals surface area contributed by atoms with Crippen LogP contribution in [0.2, 0.25) is 0 Å². The quantitative estimate of drug-likeness (QED) is 0.823. The minimum atomic E-state index is 0.155. The summed E-state index contributed by atoms with van der Waals surface area (Å²) < 4.78 is 0. The summed E-state index contributed by atoms with van der Waals surface area (Å²) in [5.74, 6) is 0.155. The molecular weight excluding hydrogens is 214 g/mol. The largest absolute Gasteiger partial charge is 0.356 e. The van der Waals surface area contributed by atoms with Crippen LogP contribution in [0.15, 0.2) is 18.5 Å². The molecule has 1 unspecified atom stereocenters. The highest BCUT2D eigenvalue weighted by Gasteiger charge is 2.16. The Morgan fingerprint density at radius 2 is 2.47 bits per heavy atom. The second-order valence-corrected chi connectivity index (χ2v) is 4.58. The molecule has 0 radical (unpaired) electrons. The van der Waals surface area contributed by atoms with E-state index in [2.05, 4.69) is 22.5 Å². The minimum Gasteiger partial charge on any atom is -0.356 e. The molecule has 2 N–H and O–H groups in total. The number of amides is 1. The Bertz CT molecular complexity index is 392. The Labute approximate surface area is 102 Å². The van der Waals surface area contributed by atoms with Crippen molar-refractivity contribution in [3.05, 3.63) is 29.6 Å². The van der Waals surface area contributed by atoms with Gasteiger partial charge in [-0.15, -0.1) is 0 Å². The fraction of sp³-hybridized carbons (Fsp3) is 0.538. The number of aryl methyl sites for hydroxylation is 1. The van der Waals surface area contributed by atoms with Crippen LogP contribution in [0.1, 0.15) is 30.4 Å². The first kappa shape index (κ1) is 12.0. The van der Waals surface area contributed by atoms with Gasteiger partial charge in [-0.25, -0.2) is 0 Å². The molecule has 0 aliphatic carbocycles. The summed E-state index contributed by atoms with van der Waals surface area (Å²) in [5.41, 5.74) is 2.45. The molecule has 1 aromatic heterocycles. The molecule has 0 bridgehead atoms. The number of nitrogens with one attached hydrogen (secondary N) is 2. The van der Waals surface area contributed by atoms with Gasteiger partial charge in [0.25, 0.3) is 0 Å². The summed E-state index contributed by atoms with van der Waals surface area (Å²) in [5, 5.41) is 6.34. The van der Waals surface area contributed by atoms with Gasteiger partial charge < -0.3 is 10.6 Å². The number of nitrogens with zero attached hydrogens (tertiary/aromatic N) is 1. The molecular formula is C13H19N3O. The molecule has 2 heterocycles. The molecule has 1 aliphatic heterocycles. The molecule has 0 spiro atoms. The van der Waals surface area contributed by atoms with Gasteiger partial charge in [0.05, 0.1) is 0 Å². The molecule has 17 heavy (non-hydrogen) atoms. The first-order valence-electron chi connectivity index (χ1n) is 6.15. The molecule has 1 saturated heterocycles. The van der Waals surface area contributed by atoms with Crippen molar-refractivity contribution in [2.24, 2.45) is 0 Å². The third-order valence-corrected chi connectivity index (χ3v) is 3.21. The van der Waals surface area contributed by atoms with E-state index in [9.17, 15) is 4.79 Å². The molecule has 0 aromatic carbocycles. The number of carbonyl (C=O) groups excluding carboxylic acids is 1. The molecule has 1 aromatic rings. The van der Waals surface area contributed by atoms with Crippen molar-refractivity contribution in [3.63, 3.8) is 0 Å². The Morgan fingerprint density at radius 3 is 3.29 bits per heavy atom. The van der Waals surface area contributed by atoms with Crippen LogP contribution in [-0.2, 0) is 11.3 Å². The molecule has 0 saturated carbocycles. The first-order chi connectivity index (χ1) is 8.25. The lowest BCUT2D eigenvalue weighted by atomic mass is 10.1. The van der Waals surface area contributed by atoms with E-state index in [1.54, 1.807) is 6.20 Å². The van der Waals surface area contributed by atoms with Crippen LogP contribution < -0.4 is 10.6 Å². The molecule has 1 aliphatic rings. The van der Waals surface area contributed by atoms with Crippen molar-refractivity contribution in [2.75, 3.05) is 6.54 Å². The number of hydrogen-bond acceptors (Lipinski definition) is 3. The van der Waals surface area contributed by atoms with Gasteiger partial charge in [-0.2, -0.15) is 0 Å². The second kappa shape index (κ2) is 5.77. The van der Waals surface area contributed by atoms with Crippen LogP contribution in [0.5, 0.6) is 0 Å². The average molecular weight is 233 g/mol. The van der Waals surface area contributed by atoms with E-state index in [4.69, 9.17) is 0 Å². The summed E-state index contributed by atoms with van der Waals surface area (Å²) >= 11 is 0. The Kier molecular flexibility index (Phi) is 4.09. The van der Waals surface area contributed by atoms with Crippen molar-refractivity contribution >= 4 is 5.91 Å². The number of aromatic nitrogens is 1. The lowest BCUT2D eigenvalue weighted by Crippen LogP contribution is -2.32. The summed E-state index contributed by atoms with van der Waals surface area (Å²) in [6.45, 7) is 3.68. The van der Waals surface area contributed by atoms with Crippen LogP contribution >= 0.6 is 0 Å². The normalized spacial score (nSPS) is 20.8.